The van der Waals surface area contributed by atoms with Gasteiger partial charge in [-0.1, -0.05) is 36.4 Å². The van der Waals surface area contributed by atoms with Crippen LogP contribution in [0.25, 0.3) is 18.2 Å². The molecule has 0 N–H and O–H groups in total. The first-order chi connectivity index (χ1) is 8.31. The summed E-state index contributed by atoms with van der Waals surface area (Å²) in [4.78, 5) is 0. The molecule has 1 heteroatoms. The van der Waals surface area contributed by atoms with Crippen molar-refractivity contribution in [2.75, 3.05) is 0 Å². The van der Waals surface area contributed by atoms with Crippen LogP contribution in [0.2, 0.25) is 0 Å². The molecule has 0 radical (unpaired) electrons. The molecule has 0 bridgehead atoms. The molecule has 0 saturated heterocycles. The summed E-state index contributed by atoms with van der Waals surface area (Å²) in [5, 5.41) is 2.47. The van der Waals surface area contributed by atoms with Gasteiger partial charge in [0.2, 0.25) is 0 Å². The van der Waals surface area contributed by atoms with Gasteiger partial charge in [-0.05, 0) is 51.9 Å². The number of hydrogen-bond donors (Lipinski definition) is 0. The van der Waals surface area contributed by atoms with Gasteiger partial charge in [0, 0.05) is 0 Å². The Morgan fingerprint density at radius 3 is 1.94 bits per heavy atom. The van der Waals surface area contributed by atoms with E-state index in [0.717, 1.165) is 11.1 Å². The summed E-state index contributed by atoms with van der Waals surface area (Å²) in [7, 11) is 0. The van der Waals surface area contributed by atoms with Gasteiger partial charge in [0.1, 0.15) is 5.82 Å². The fourth-order valence-electron chi connectivity index (χ4n) is 2.01. The van der Waals surface area contributed by atoms with Crippen molar-refractivity contribution in [2.45, 2.75) is 0 Å². The van der Waals surface area contributed by atoms with Crippen LogP contribution in [-0.2, 0) is 0 Å². The van der Waals surface area contributed by atoms with E-state index in [-0.39, 0.29) is 5.82 Å². The molecular weight excluding hydrogens is 211 g/mol. The van der Waals surface area contributed by atoms with Crippen LogP contribution in [0.15, 0.2) is 54.1 Å². The lowest BCUT2D eigenvalue weighted by atomic mass is 10.1. The average Bonchev–Trinajstić information content (AvgIpc) is 2.74. The molecule has 1 aliphatic carbocycles. The summed E-state index contributed by atoms with van der Waals surface area (Å²) in [6, 6.07) is 14.8. The first kappa shape index (κ1) is 10.0. The highest BCUT2D eigenvalue weighted by molar-refractivity contribution is 5.80. The van der Waals surface area contributed by atoms with Crippen LogP contribution in [0.4, 0.5) is 4.39 Å². The van der Waals surface area contributed by atoms with E-state index in [1.807, 2.05) is 12.1 Å². The van der Waals surface area contributed by atoms with E-state index in [0.29, 0.717) is 0 Å². The van der Waals surface area contributed by atoms with Crippen LogP contribution in [0.5, 0.6) is 0 Å². The van der Waals surface area contributed by atoms with E-state index in [2.05, 4.69) is 30.4 Å². The van der Waals surface area contributed by atoms with Crippen molar-refractivity contribution in [3.63, 3.8) is 0 Å². The van der Waals surface area contributed by atoms with E-state index < -0.39 is 0 Å². The van der Waals surface area contributed by atoms with E-state index >= 15 is 0 Å². The average molecular weight is 222 g/mol. The van der Waals surface area contributed by atoms with Gasteiger partial charge in [-0.3, -0.25) is 0 Å². The Balaban J connectivity index is 2.03. The van der Waals surface area contributed by atoms with E-state index in [9.17, 15) is 4.39 Å². The molecule has 0 heterocycles. The maximum Gasteiger partial charge on any atom is 0.123 e. The van der Waals surface area contributed by atoms with Gasteiger partial charge in [-0.25, -0.2) is 4.39 Å². The SMILES string of the molecule is Fc1ccc(C=C2C=c3ccccc3=C2)cc1. The normalized spacial score (nSPS) is 12.6. The minimum absolute atomic E-state index is 0.199. The van der Waals surface area contributed by atoms with Crippen LogP contribution in [0.1, 0.15) is 5.56 Å². The van der Waals surface area contributed by atoms with Gasteiger partial charge >= 0.3 is 0 Å². The number of hydrogen-bond acceptors (Lipinski definition) is 0. The van der Waals surface area contributed by atoms with E-state index in [4.69, 9.17) is 0 Å². The summed E-state index contributed by atoms with van der Waals surface area (Å²) >= 11 is 0. The molecule has 0 unspecified atom stereocenters. The molecule has 2 aromatic rings. The van der Waals surface area contributed by atoms with Crippen LogP contribution in [-0.4, -0.2) is 0 Å². The molecular formula is C16H11F. The summed E-state index contributed by atoms with van der Waals surface area (Å²) < 4.78 is 12.8. The van der Waals surface area contributed by atoms with Crippen LogP contribution >= 0.6 is 0 Å². The van der Waals surface area contributed by atoms with Crippen molar-refractivity contribution in [1.29, 1.82) is 0 Å². The van der Waals surface area contributed by atoms with Crippen LogP contribution < -0.4 is 10.4 Å². The van der Waals surface area contributed by atoms with E-state index in [1.54, 1.807) is 12.1 Å². The first-order valence-corrected chi connectivity index (χ1v) is 5.57. The highest BCUT2D eigenvalue weighted by atomic mass is 19.1. The molecule has 0 amide bonds. The third kappa shape index (κ3) is 2.04. The zero-order chi connectivity index (χ0) is 11.7. The van der Waals surface area contributed by atoms with Gasteiger partial charge < -0.3 is 0 Å². The summed E-state index contributed by atoms with van der Waals surface area (Å²) in [6.45, 7) is 0. The molecule has 0 aliphatic heterocycles. The van der Waals surface area contributed by atoms with Gasteiger partial charge in [0.15, 0.2) is 0 Å². The Bertz CT molecular complexity index is 654. The number of benzene rings is 2. The van der Waals surface area contributed by atoms with Crippen molar-refractivity contribution in [3.05, 3.63) is 75.9 Å². The van der Waals surface area contributed by atoms with Crippen molar-refractivity contribution >= 4 is 18.2 Å². The molecule has 3 rings (SSSR count). The lowest BCUT2D eigenvalue weighted by molar-refractivity contribution is 0.628. The zero-order valence-corrected chi connectivity index (χ0v) is 9.23. The lowest BCUT2D eigenvalue weighted by Gasteiger charge is -1.94. The summed E-state index contributed by atoms with van der Waals surface area (Å²) in [5.74, 6) is -0.199. The smallest absolute Gasteiger partial charge is 0.123 e. The molecule has 0 nitrogen and oxygen atoms in total. The second-order valence-corrected chi connectivity index (χ2v) is 4.11. The third-order valence-electron chi connectivity index (χ3n) is 2.84. The van der Waals surface area contributed by atoms with Gasteiger partial charge in [-0.2, -0.15) is 0 Å². The highest BCUT2D eigenvalue weighted by Gasteiger charge is 1.98. The molecule has 0 spiro atoms. The topological polar surface area (TPSA) is 0 Å². The molecule has 17 heavy (non-hydrogen) atoms. The molecule has 0 atom stereocenters. The minimum atomic E-state index is -0.199. The van der Waals surface area contributed by atoms with Gasteiger partial charge in [0.25, 0.3) is 0 Å². The summed E-state index contributed by atoms with van der Waals surface area (Å²) in [6.07, 6.45) is 6.33. The number of allylic oxidation sites excluding steroid dienone is 1. The van der Waals surface area contributed by atoms with Crippen molar-refractivity contribution in [3.8, 4) is 0 Å². The highest BCUT2D eigenvalue weighted by Crippen LogP contribution is 2.11. The van der Waals surface area contributed by atoms with Gasteiger partial charge in [-0.15, -0.1) is 0 Å². The monoisotopic (exact) mass is 222 g/mol. The Morgan fingerprint density at radius 1 is 0.765 bits per heavy atom. The van der Waals surface area contributed by atoms with Crippen LogP contribution in [0.3, 0.4) is 0 Å². The van der Waals surface area contributed by atoms with Crippen LogP contribution in [0, 0.1) is 5.82 Å². The minimum Gasteiger partial charge on any atom is -0.207 e. The van der Waals surface area contributed by atoms with E-state index in [1.165, 1.54) is 22.6 Å². The Morgan fingerprint density at radius 2 is 1.35 bits per heavy atom. The Kier molecular flexibility index (Phi) is 2.37. The fourth-order valence-corrected chi connectivity index (χ4v) is 2.01. The second kappa shape index (κ2) is 4.02. The predicted octanol–water partition coefficient (Wildman–Crippen LogP) is 2.48. The summed E-state index contributed by atoms with van der Waals surface area (Å²) in [5.41, 5.74) is 2.17. The Hall–Kier alpha value is -2.15. The molecule has 2 aromatic carbocycles. The molecule has 1 aliphatic rings. The fraction of sp³-hybridized carbons (Fsp3) is 0. The molecule has 0 saturated carbocycles. The lowest BCUT2D eigenvalue weighted by Crippen LogP contribution is -2.19. The zero-order valence-electron chi connectivity index (χ0n) is 9.23. The molecule has 0 aromatic heterocycles. The number of rotatable bonds is 1. The molecule has 0 fully saturated rings. The van der Waals surface area contributed by atoms with Crippen molar-refractivity contribution in [1.82, 2.24) is 0 Å². The predicted molar refractivity (Wildman–Crippen MR) is 69.0 cm³/mol. The Labute approximate surface area is 99.0 Å². The first-order valence-electron chi connectivity index (χ1n) is 5.57. The number of halogens is 1. The maximum absolute atomic E-state index is 12.8. The quantitative estimate of drug-likeness (QED) is 0.695. The molecule has 82 valence electrons. The maximum atomic E-state index is 12.8. The standard InChI is InChI=1S/C16H11F/c17-16-7-5-12(6-8-16)9-13-10-14-3-1-2-4-15(14)11-13/h1-11H. The second-order valence-electron chi connectivity index (χ2n) is 4.11. The van der Waals surface area contributed by atoms with Crippen molar-refractivity contribution in [2.24, 2.45) is 0 Å². The third-order valence-corrected chi connectivity index (χ3v) is 2.84. The largest absolute Gasteiger partial charge is 0.207 e. The van der Waals surface area contributed by atoms with Gasteiger partial charge in [0.05, 0.1) is 0 Å². The number of fused-ring (bicyclic) bond motifs is 1. The van der Waals surface area contributed by atoms with Crippen molar-refractivity contribution < 1.29 is 4.39 Å².